The van der Waals surface area contributed by atoms with Crippen LogP contribution in [-0.2, 0) is 25.5 Å². The van der Waals surface area contributed by atoms with Crippen molar-refractivity contribution >= 4 is 5.91 Å². The van der Waals surface area contributed by atoms with Gasteiger partial charge in [0.2, 0.25) is 5.82 Å². The van der Waals surface area contributed by atoms with Gasteiger partial charge >= 0.3 is 0 Å². The van der Waals surface area contributed by atoms with Crippen molar-refractivity contribution in [3.05, 3.63) is 35.7 Å². The molecule has 0 saturated carbocycles. The Labute approximate surface area is 198 Å². The molecular formula is C23H33N5O6. The molecule has 0 radical (unpaired) electrons. The summed E-state index contributed by atoms with van der Waals surface area (Å²) < 4.78 is 17.2. The molecule has 34 heavy (non-hydrogen) atoms. The van der Waals surface area contributed by atoms with Gasteiger partial charge in [0.25, 0.3) is 5.91 Å². The smallest absolute Gasteiger partial charge is 0.252 e. The summed E-state index contributed by atoms with van der Waals surface area (Å²) in [6.07, 6.45) is -6.44. The number of aromatic nitrogens is 4. The van der Waals surface area contributed by atoms with Crippen molar-refractivity contribution in [2.45, 2.75) is 90.5 Å². The number of aryl methyl sites for hydroxylation is 1. The van der Waals surface area contributed by atoms with Gasteiger partial charge in [0.05, 0.1) is 11.7 Å². The first-order valence-electron chi connectivity index (χ1n) is 11.2. The molecule has 3 rings (SSSR count). The Balaban J connectivity index is 1.70. The highest BCUT2D eigenvalue weighted by atomic mass is 16.7. The zero-order valence-corrected chi connectivity index (χ0v) is 20.3. The second kappa shape index (κ2) is 10.8. The van der Waals surface area contributed by atoms with Crippen molar-refractivity contribution in [1.82, 2.24) is 25.7 Å². The summed E-state index contributed by atoms with van der Waals surface area (Å²) in [6, 6.07) is 7.27. The summed E-state index contributed by atoms with van der Waals surface area (Å²) in [5.41, 5.74) is 0.885. The van der Waals surface area contributed by atoms with Crippen molar-refractivity contribution in [2.75, 3.05) is 0 Å². The number of ether oxygens (including phenoxy) is 3. The molecule has 11 nitrogen and oxygen atoms in total. The first-order chi connectivity index (χ1) is 15.9. The van der Waals surface area contributed by atoms with Crippen LogP contribution in [0.3, 0.4) is 0 Å². The van der Waals surface area contributed by atoms with Crippen LogP contribution < -0.4 is 5.32 Å². The molecule has 0 aliphatic carbocycles. The summed E-state index contributed by atoms with van der Waals surface area (Å²) in [6.45, 7) is 10.8. The van der Waals surface area contributed by atoms with E-state index in [1.54, 1.807) is 41.5 Å². The predicted molar refractivity (Wildman–Crippen MR) is 121 cm³/mol. The van der Waals surface area contributed by atoms with Crippen LogP contribution in [0.2, 0.25) is 0 Å². The van der Waals surface area contributed by atoms with Crippen LogP contribution in [0.1, 0.15) is 46.0 Å². The molecule has 1 fully saturated rings. The molecule has 1 aromatic carbocycles. The number of rotatable bonds is 7. The summed E-state index contributed by atoms with van der Waals surface area (Å²) in [5.74, 6) is 0.403. The highest BCUT2D eigenvalue weighted by Crippen LogP contribution is 2.28. The Kier molecular flexibility index (Phi) is 8.26. The number of aliphatic hydroxyl groups excluding tert-OH is 2. The zero-order chi connectivity index (χ0) is 25.0. The van der Waals surface area contributed by atoms with Crippen LogP contribution in [-0.4, -0.2) is 78.9 Å². The van der Waals surface area contributed by atoms with E-state index >= 15 is 0 Å². The number of amides is 1. The zero-order valence-electron chi connectivity index (χ0n) is 20.3. The lowest BCUT2D eigenvalue weighted by Gasteiger charge is -2.44. The summed E-state index contributed by atoms with van der Waals surface area (Å²) >= 11 is 0. The number of hydrogen-bond donors (Lipinski definition) is 3. The third-order valence-electron chi connectivity index (χ3n) is 4.96. The third kappa shape index (κ3) is 6.73. The quantitative estimate of drug-likeness (QED) is 0.527. The Morgan fingerprint density at radius 3 is 2.26 bits per heavy atom. The summed E-state index contributed by atoms with van der Waals surface area (Å²) in [5, 5.41) is 39.8. The molecule has 11 heteroatoms. The molecule has 5 atom stereocenters. The van der Waals surface area contributed by atoms with E-state index in [4.69, 9.17) is 14.2 Å². The molecule has 186 valence electrons. The minimum absolute atomic E-state index is 0.209. The van der Waals surface area contributed by atoms with E-state index in [1.807, 2.05) is 24.3 Å². The van der Waals surface area contributed by atoms with E-state index in [1.165, 1.54) is 0 Å². The average molecular weight is 476 g/mol. The Bertz CT molecular complexity index is 948. The Morgan fingerprint density at radius 1 is 1.09 bits per heavy atom. The van der Waals surface area contributed by atoms with Crippen LogP contribution in [0.15, 0.2) is 24.3 Å². The number of aliphatic hydroxyl groups is 2. The first-order valence-corrected chi connectivity index (χ1v) is 11.2. The Morgan fingerprint density at radius 2 is 1.71 bits per heavy atom. The van der Waals surface area contributed by atoms with Gasteiger partial charge in [0.15, 0.2) is 18.2 Å². The van der Waals surface area contributed by atoms with Gasteiger partial charge in [-0.1, -0.05) is 24.3 Å². The molecule has 1 saturated heterocycles. The van der Waals surface area contributed by atoms with Crippen LogP contribution in [0.25, 0.3) is 11.4 Å². The number of carbonyl (C=O) groups excluding carboxylic acids is 1. The van der Waals surface area contributed by atoms with Crippen molar-refractivity contribution < 1.29 is 29.2 Å². The standard InChI is InChI=1S/C23H33N5O6/c1-12(2)32-22-17(30)16(29)18(34-23(4,5)6)19(33-22)21(31)24-11-14-7-9-15(10-8-14)20-27-25-13(3)26-28-20/h7-10,12,16-19,22,29-30H,11H2,1-6H3,(H,24,31)/t16?,17-,18+,19?,22-/m1/s1. The lowest BCUT2D eigenvalue weighted by Crippen LogP contribution is -2.64. The average Bonchev–Trinajstić information content (AvgIpc) is 2.77. The number of hydrogen-bond acceptors (Lipinski definition) is 10. The van der Waals surface area contributed by atoms with Crippen molar-refractivity contribution in [1.29, 1.82) is 0 Å². The molecule has 2 unspecified atom stereocenters. The van der Waals surface area contributed by atoms with Gasteiger partial charge in [-0.15, -0.1) is 20.4 Å². The maximum Gasteiger partial charge on any atom is 0.252 e. The fraction of sp³-hybridized carbons (Fsp3) is 0.609. The molecule has 1 amide bonds. The third-order valence-corrected chi connectivity index (χ3v) is 4.96. The normalized spacial score (nSPS) is 25.4. The van der Waals surface area contributed by atoms with E-state index in [0.717, 1.165) is 11.1 Å². The number of benzene rings is 1. The minimum atomic E-state index is -1.37. The molecule has 1 aliphatic rings. The topological polar surface area (TPSA) is 149 Å². The lowest BCUT2D eigenvalue weighted by atomic mass is 9.96. The minimum Gasteiger partial charge on any atom is -0.387 e. The number of nitrogens with one attached hydrogen (secondary N) is 1. The largest absolute Gasteiger partial charge is 0.387 e. The molecule has 1 aromatic heterocycles. The second-order valence-corrected chi connectivity index (χ2v) is 9.47. The van der Waals surface area contributed by atoms with Crippen LogP contribution >= 0.6 is 0 Å². The molecule has 3 N–H and O–H groups in total. The number of carbonyl (C=O) groups is 1. The van der Waals surface area contributed by atoms with Crippen molar-refractivity contribution in [3.8, 4) is 11.4 Å². The summed E-state index contributed by atoms with van der Waals surface area (Å²) in [7, 11) is 0. The molecule has 2 heterocycles. The maximum atomic E-state index is 13.1. The molecule has 2 aromatic rings. The second-order valence-electron chi connectivity index (χ2n) is 9.47. The SMILES string of the molecule is Cc1nnc(-c2ccc(CNC(=O)C3O[C@@H](OC(C)C)[C@H](O)C(O)[C@@H]3OC(C)(C)C)cc2)nn1. The van der Waals surface area contributed by atoms with Crippen LogP contribution in [0.5, 0.6) is 0 Å². The molecule has 1 aliphatic heterocycles. The van der Waals surface area contributed by atoms with E-state index in [2.05, 4.69) is 25.7 Å². The lowest BCUT2D eigenvalue weighted by molar-refractivity contribution is -0.313. The van der Waals surface area contributed by atoms with Crippen molar-refractivity contribution in [3.63, 3.8) is 0 Å². The summed E-state index contributed by atoms with van der Waals surface area (Å²) in [4.78, 5) is 13.1. The van der Waals surface area contributed by atoms with Gasteiger partial charge in [-0.2, -0.15) is 0 Å². The van der Waals surface area contributed by atoms with Gasteiger partial charge in [-0.05, 0) is 47.1 Å². The predicted octanol–water partition coefficient (Wildman–Crippen LogP) is 0.914. The van der Waals surface area contributed by atoms with Gasteiger partial charge < -0.3 is 29.7 Å². The van der Waals surface area contributed by atoms with Gasteiger partial charge in [0, 0.05) is 12.1 Å². The number of nitrogens with zero attached hydrogens (tertiary/aromatic N) is 4. The molecule has 0 spiro atoms. The fourth-order valence-electron chi connectivity index (χ4n) is 3.42. The van der Waals surface area contributed by atoms with Crippen LogP contribution in [0, 0.1) is 6.92 Å². The molecular weight excluding hydrogens is 442 g/mol. The van der Waals surface area contributed by atoms with Gasteiger partial charge in [0.1, 0.15) is 18.3 Å². The van der Waals surface area contributed by atoms with E-state index in [-0.39, 0.29) is 12.6 Å². The highest BCUT2D eigenvalue weighted by Gasteiger charge is 2.50. The van der Waals surface area contributed by atoms with E-state index in [0.29, 0.717) is 11.6 Å². The first kappa shape index (κ1) is 26.0. The monoisotopic (exact) mass is 475 g/mol. The van der Waals surface area contributed by atoms with Crippen LogP contribution in [0.4, 0.5) is 0 Å². The van der Waals surface area contributed by atoms with E-state index < -0.39 is 42.2 Å². The Hall–Kier alpha value is -2.57. The van der Waals surface area contributed by atoms with Gasteiger partial charge in [-0.25, -0.2) is 0 Å². The maximum absolute atomic E-state index is 13.1. The van der Waals surface area contributed by atoms with Crippen molar-refractivity contribution in [2.24, 2.45) is 0 Å². The fourth-order valence-corrected chi connectivity index (χ4v) is 3.42. The molecule has 0 bridgehead atoms. The highest BCUT2D eigenvalue weighted by molar-refractivity contribution is 5.81. The van der Waals surface area contributed by atoms with E-state index in [9.17, 15) is 15.0 Å². The van der Waals surface area contributed by atoms with Gasteiger partial charge in [-0.3, -0.25) is 4.79 Å².